The van der Waals surface area contributed by atoms with Gasteiger partial charge in [0.25, 0.3) is 0 Å². The summed E-state index contributed by atoms with van der Waals surface area (Å²) in [6, 6.07) is 13.3. The first-order valence-electron chi connectivity index (χ1n) is 6.53. The minimum Gasteiger partial charge on any atom is -0.280 e. The third kappa shape index (κ3) is 3.72. The second kappa shape index (κ2) is 7.68. The second-order valence-corrected chi connectivity index (χ2v) is 4.50. The number of rotatable bonds is 7. The van der Waals surface area contributed by atoms with E-state index in [4.69, 9.17) is 5.26 Å². The summed E-state index contributed by atoms with van der Waals surface area (Å²) in [5.41, 5.74) is 1.26. The average Bonchev–Trinajstić information content (AvgIpc) is 2.43. The third-order valence-electron chi connectivity index (χ3n) is 3.41. The summed E-state index contributed by atoms with van der Waals surface area (Å²) < 4.78 is 0. The quantitative estimate of drug-likeness (QED) is 0.535. The van der Waals surface area contributed by atoms with Crippen molar-refractivity contribution in [2.45, 2.75) is 38.8 Å². The van der Waals surface area contributed by atoms with E-state index in [-0.39, 0.29) is 6.04 Å². The van der Waals surface area contributed by atoms with Crippen LogP contribution in [-0.2, 0) is 0 Å². The standard InChI is InChI=1S/C16H22N2/c1-4-9-16(5-2)18(13-12-17)14(3)15-10-7-6-8-11-15/h4,6-8,10-11,14,16H,1,5,9,13H2,2-3H3/t14-,16+/m1/s1. The van der Waals surface area contributed by atoms with Gasteiger partial charge in [-0.05, 0) is 25.3 Å². The van der Waals surface area contributed by atoms with Crippen LogP contribution in [0.3, 0.4) is 0 Å². The average molecular weight is 242 g/mol. The van der Waals surface area contributed by atoms with Gasteiger partial charge < -0.3 is 0 Å². The fraction of sp³-hybridized carbons (Fsp3) is 0.438. The molecule has 1 aromatic rings. The summed E-state index contributed by atoms with van der Waals surface area (Å²) in [6.45, 7) is 8.60. The van der Waals surface area contributed by atoms with Crippen LogP contribution >= 0.6 is 0 Å². The number of hydrogen-bond donors (Lipinski definition) is 0. The van der Waals surface area contributed by atoms with E-state index in [0.717, 1.165) is 12.8 Å². The van der Waals surface area contributed by atoms with Crippen molar-refractivity contribution in [2.75, 3.05) is 6.54 Å². The molecular formula is C16H22N2. The van der Waals surface area contributed by atoms with E-state index < -0.39 is 0 Å². The molecule has 2 nitrogen and oxygen atoms in total. The Kier molecular flexibility index (Phi) is 6.18. The highest BCUT2D eigenvalue weighted by molar-refractivity contribution is 5.19. The first-order chi connectivity index (χ1) is 8.74. The van der Waals surface area contributed by atoms with Crippen molar-refractivity contribution in [3.63, 3.8) is 0 Å². The van der Waals surface area contributed by atoms with Gasteiger partial charge in [0.2, 0.25) is 0 Å². The Morgan fingerprint density at radius 2 is 2.06 bits per heavy atom. The summed E-state index contributed by atoms with van der Waals surface area (Å²) >= 11 is 0. The molecule has 0 heterocycles. The van der Waals surface area contributed by atoms with Gasteiger partial charge in [-0.25, -0.2) is 0 Å². The molecule has 96 valence electrons. The molecule has 18 heavy (non-hydrogen) atoms. The summed E-state index contributed by atoms with van der Waals surface area (Å²) in [7, 11) is 0. The Bertz CT molecular complexity index is 391. The van der Waals surface area contributed by atoms with E-state index in [1.165, 1.54) is 5.56 Å². The fourth-order valence-corrected chi connectivity index (χ4v) is 2.32. The normalized spacial score (nSPS) is 13.9. The number of nitriles is 1. The lowest BCUT2D eigenvalue weighted by atomic mass is 10.0. The van der Waals surface area contributed by atoms with Crippen molar-refractivity contribution in [3.8, 4) is 6.07 Å². The molecule has 0 amide bonds. The van der Waals surface area contributed by atoms with Crippen LogP contribution in [0.5, 0.6) is 0 Å². The summed E-state index contributed by atoms with van der Waals surface area (Å²) in [5.74, 6) is 0. The molecule has 0 fully saturated rings. The molecule has 0 aliphatic rings. The van der Waals surface area contributed by atoms with Gasteiger partial charge in [-0.1, -0.05) is 43.3 Å². The predicted octanol–water partition coefficient (Wildman–Crippen LogP) is 3.93. The lowest BCUT2D eigenvalue weighted by Gasteiger charge is -2.34. The van der Waals surface area contributed by atoms with Crippen LogP contribution in [0.15, 0.2) is 43.0 Å². The molecular weight excluding hydrogens is 220 g/mol. The zero-order valence-electron chi connectivity index (χ0n) is 11.3. The third-order valence-corrected chi connectivity index (χ3v) is 3.41. The van der Waals surface area contributed by atoms with Crippen molar-refractivity contribution < 1.29 is 0 Å². The molecule has 0 saturated carbocycles. The maximum atomic E-state index is 9.03. The van der Waals surface area contributed by atoms with E-state index >= 15 is 0 Å². The summed E-state index contributed by atoms with van der Waals surface area (Å²) in [6.07, 6.45) is 3.90. The monoisotopic (exact) mass is 242 g/mol. The molecule has 2 heteroatoms. The zero-order chi connectivity index (χ0) is 13.4. The molecule has 0 radical (unpaired) electrons. The van der Waals surface area contributed by atoms with Gasteiger partial charge in [0.15, 0.2) is 0 Å². The molecule has 0 aliphatic heterocycles. The summed E-state index contributed by atoms with van der Waals surface area (Å²) in [4.78, 5) is 2.26. The molecule has 0 aliphatic carbocycles. The highest BCUT2D eigenvalue weighted by Crippen LogP contribution is 2.24. The van der Waals surface area contributed by atoms with Crippen molar-refractivity contribution in [1.29, 1.82) is 5.26 Å². The molecule has 0 saturated heterocycles. The van der Waals surface area contributed by atoms with Gasteiger partial charge in [0, 0.05) is 12.1 Å². The van der Waals surface area contributed by atoms with Crippen LogP contribution in [-0.4, -0.2) is 17.5 Å². The van der Waals surface area contributed by atoms with Gasteiger partial charge in [-0.2, -0.15) is 5.26 Å². The Balaban J connectivity index is 2.90. The topological polar surface area (TPSA) is 27.0 Å². The Labute approximate surface area is 111 Å². The second-order valence-electron chi connectivity index (χ2n) is 4.50. The van der Waals surface area contributed by atoms with Crippen LogP contribution < -0.4 is 0 Å². The molecule has 0 N–H and O–H groups in total. The largest absolute Gasteiger partial charge is 0.280 e. The molecule has 0 bridgehead atoms. The van der Waals surface area contributed by atoms with Crippen molar-refractivity contribution in [3.05, 3.63) is 48.6 Å². The molecule has 0 unspecified atom stereocenters. The van der Waals surface area contributed by atoms with Crippen LogP contribution in [0.4, 0.5) is 0 Å². The van der Waals surface area contributed by atoms with Gasteiger partial charge in [0.1, 0.15) is 0 Å². The predicted molar refractivity (Wildman–Crippen MR) is 76.1 cm³/mol. The van der Waals surface area contributed by atoms with Crippen molar-refractivity contribution >= 4 is 0 Å². The molecule has 2 atom stereocenters. The maximum Gasteiger partial charge on any atom is 0.0873 e. The van der Waals surface area contributed by atoms with Crippen molar-refractivity contribution in [2.24, 2.45) is 0 Å². The molecule has 0 spiro atoms. The Hall–Kier alpha value is -1.59. The first kappa shape index (κ1) is 14.5. The smallest absolute Gasteiger partial charge is 0.0873 e. The van der Waals surface area contributed by atoms with Crippen LogP contribution in [0, 0.1) is 11.3 Å². The zero-order valence-corrected chi connectivity index (χ0v) is 11.3. The van der Waals surface area contributed by atoms with E-state index in [0.29, 0.717) is 12.6 Å². The van der Waals surface area contributed by atoms with Gasteiger partial charge in [0.05, 0.1) is 12.6 Å². The molecule has 0 aromatic heterocycles. The van der Waals surface area contributed by atoms with Crippen molar-refractivity contribution in [1.82, 2.24) is 4.90 Å². The Morgan fingerprint density at radius 1 is 1.39 bits per heavy atom. The van der Waals surface area contributed by atoms with E-state index in [9.17, 15) is 0 Å². The lowest BCUT2D eigenvalue weighted by Crippen LogP contribution is -2.37. The highest BCUT2D eigenvalue weighted by atomic mass is 15.2. The summed E-state index contributed by atoms with van der Waals surface area (Å²) in [5, 5.41) is 9.03. The SMILES string of the molecule is C=CC[C@H](CC)N(CC#N)[C@H](C)c1ccccc1. The Morgan fingerprint density at radius 3 is 2.56 bits per heavy atom. The highest BCUT2D eigenvalue weighted by Gasteiger charge is 2.22. The van der Waals surface area contributed by atoms with E-state index in [1.807, 2.05) is 24.3 Å². The number of nitrogens with zero attached hydrogens (tertiary/aromatic N) is 2. The molecule has 1 rings (SSSR count). The fourth-order valence-electron chi connectivity index (χ4n) is 2.32. The maximum absolute atomic E-state index is 9.03. The van der Waals surface area contributed by atoms with Gasteiger partial charge >= 0.3 is 0 Å². The minimum atomic E-state index is 0.260. The number of benzene rings is 1. The van der Waals surface area contributed by atoms with E-state index in [1.54, 1.807) is 0 Å². The van der Waals surface area contributed by atoms with Gasteiger partial charge in [-0.3, -0.25) is 4.90 Å². The van der Waals surface area contributed by atoms with Gasteiger partial charge in [-0.15, -0.1) is 6.58 Å². The van der Waals surface area contributed by atoms with Crippen LogP contribution in [0.2, 0.25) is 0 Å². The number of hydrogen-bond acceptors (Lipinski definition) is 2. The first-order valence-corrected chi connectivity index (χ1v) is 6.53. The lowest BCUT2D eigenvalue weighted by molar-refractivity contribution is 0.160. The minimum absolute atomic E-state index is 0.260. The van der Waals surface area contributed by atoms with Crippen LogP contribution in [0.1, 0.15) is 38.3 Å². The van der Waals surface area contributed by atoms with E-state index in [2.05, 4.69) is 43.5 Å². The molecule has 1 aromatic carbocycles. The van der Waals surface area contributed by atoms with Crippen LogP contribution in [0.25, 0.3) is 0 Å².